The number of thioether (sulfide) groups is 1. The summed E-state index contributed by atoms with van der Waals surface area (Å²) in [6.45, 7) is 4.74. The van der Waals surface area contributed by atoms with Crippen LogP contribution in [0.3, 0.4) is 0 Å². The lowest BCUT2D eigenvalue weighted by Gasteiger charge is -2.32. The number of ether oxygens (including phenoxy) is 1. The third-order valence-electron chi connectivity index (χ3n) is 5.24. The SMILES string of the molecule is COc1cc(N2CN=C3SC(CC(=O)Nc4ccc(C)cc4C)C(=O)N3C2)ccc1Cl. The van der Waals surface area contributed by atoms with Gasteiger partial charge in [0, 0.05) is 23.9 Å². The number of hydrogen-bond donors (Lipinski definition) is 1. The highest BCUT2D eigenvalue weighted by Crippen LogP contribution is 2.35. The minimum absolute atomic E-state index is 0.0983. The number of carbonyl (C=O) groups is 2. The van der Waals surface area contributed by atoms with Gasteiger partial charge in [0.2, 0.25) is 11.8 Å². The number of methoxy groups -OCH3 is 1. The first-order valence-corrected chi connectivity index (χ1v) is 11.1. The second kappa shape index (κ2) is 8.80. The van der Waals surface area contributed by atoms with Crippen molar-refractivity contribution in [3.63, 3.8) is 0 Å². The van der Waals surface area contributed by atoms with Gasteiger partial charge < -0.3 is 15.0 Å². The molecule has 1 saturated heterocycles. The van der Waals surface area contributed by atoms with Gasteiger partial charge in [0.05, 0.1) is 12.1 Å². The number of fused-ring (bicyclic) bond motifs is 1. The Morgan fingerprint density at radius 1 is 1.29 bits per heavy atom. The van der Waals surface area contributed by atoms with Crippen molar-refractivity contribution in [1.29, 1.82) is 0 Å². The first-order valence-electron chi connectivity index (χ1n) is 9.84. The summed E-state index contributed by atoms with van der Waals surface area (Å²) in [6.07, 6.45) is 0.0983. The Morgan fingerprint density at radius 2 is 2.10 bits per heavy atom. The fourth-order valence-corrected chi connectivity index (χ4v) is 4.90. The Balaban J connectivity index is 1.41. The van der Waals surface area contributed by atoms with Crippen molar-refractivity contribution in [2.45, 2.75) is 25.5 Å². The van der Waals surface area contributed by atoms with Crippen molar-refractivity contribution in [3.05, 3.63) is 52.5 Å². The Labute approximate surface area is 190 Å². The zero-order valence-corrected chi connectivity index (χ0v) is 19.1. The number of aryl methyl sites for hydroxylation is 2. The molecule has 2 aromatic carbocycles. The van der Waals surface area contributed by atoms with E-state index in [0.717, 1.165) is 22.5 Å². The van der Waals surface area contributed by atoms with Crippen LogP contribution in [-0.4, -0.2) is 47.6 Å². The van der Waals surface area contributed by atoms with Crippen LogP contribution in [0.1, 0.15) is 17.5 Å². The molecule has 0 aliphatic carbocycles. The molecule has 2 amide bonds. The quantitative estimate of drug-likeness (QED) is 0.732. The fraction of sp³-hybridized carbons (Fsp3) is 0.318. The summed E-state index contributed by atoms with van der Waals surface area (Å²) in [4.78, 5) is 33.7. The molecule has 0 saturated carbocycles. The molecule has 162 valence electrons. The molecule has 1 unspecified atom stereocenters. The second-order valence-corrected chi connectivity index (χ2v) is 9.10. The molecule has 7 nitrogen and oxygen atoms in total. The number of nitrogens with zero attached hydrogens (tertiary/aromatic N) is 3. The van der Waals surface area contributed by atoms with Crippen LogP contribution in [0, 0.1) is 13.8 Å². The van der Waals surface area contributed by atoms with Crippen molar-refractivity contribution < 1.29 is 14.3 Å². The third kappa shape index (κ3) is 4.50. The van der Waals surface area contributed by atoms with Gasteiger partial charge in [-0.05, 0) is 37.6 Å². The molecule has 2 heterocycles. The molecule has 0 spiro atoms. The predicted octanol–water partition coefficient (Wildman–Crippen LogP) is 4.03. The maximum absolute atomic E-state index is 13.0. The topological polar surface area (TPSA) is 74.2 Å². The molecule has 31 heavy (non-hydrogen) atoms. The van der Waals surface area contributed by atoms with E-state index in [-0.39, 0.29) is 18.2 Å². The van der Waals surface area contributed by atoms with Crippen molar-refractivity contribution in [2.75, 3.05) is 30.7 Å². The van der Waals surface area contributed by atoms with Crippen LogP contribution in [-0.2, 0) is 9.59 Å². The first kappa shape index (κ1) is 21.5. The van der Waals surface area contributed by atoms with Crippen molar-refractivity contribution in [2.24, 2.45) is 4.99 Å². The number of amidine groups is 1. The predicted molar refractivity (Wildman–Crippen MR) is 125 cm³/mol. The summed E-state index contributed by atoms with van der Waals surface area (Å²) in [5.74, 6) is 0.278. The lowest BCUT2D eigenvalue weighted by atomic mass is 10.1. The maximum atomic E-state index is 13.0. The van der Waals surface area contributed by atoms with Gasteiger partial charge in [0.25, 0.3) is 0 Å². The highest BCUT2D eigenvalue weighted by molar-refractivity contribution is 8.15. The minimum atomic E-state index is -0.482. The number of anilines is 2. The first-order chi connectivity index (χ1) is 14.9. The highest BCUT2D eigenvalue weighted by atomic mass is 35.5. The number of aliphatic imine (C=N–C) groups is 1. The van der Waals surface area contributed by atoms with Crippen LogP contribution in [0.15, 0.2) is 41.4 Å². The van der Waals surface area contributed by atoms with Gasteiger partial charge in [-0.15, -0.1) is 0 Å². The van der Waals surface area contributed by atoms with Crippen LogP contribution >= 0.6 is 23.4 Å². The summed E-state index contributed by atoms with van der Waals surface area (Å²) in [7, 11) is 1.56. The number of benzene rings is 2. The molecular weight excluding hydrogens is 436 g/mol. The third-order valence-corrected chi connectivity index (χ3v) is 6.76. The molecule has 0 bridgehead atoms. The van der Waals surface area contributed by atoms with Crippen LogP contribution < -0.4 is 15.0 Å². The van der Waals surface area contributed by atoms with Gasteiger partial charge in [-0.2, -0.15) is 0 Å². The van der Waals surface area contributed by atoms with E-state index in [0.29, 0.717) is 29.3 Å². The number of hydrogen-bond acceptors (Lipinski definition) is 6. The summed E-state index contributed by atoms with van der Waals surface area (Å²) >= 11 is 7.46. The van der Waals surface area contributed by atoms with E-state index in [1.807, 2.05) is 49.1 Å². The number of rotatable bonds is 5. The molecule has 1 atom stereocenters. The van der Waals surface area contributed by atoms with Crippen LogP contribution in [0.25, 0.3) is 0 Å². The zero-order valence-electron chi connectivity index (χ0n) is 17.5. The molecule has 2 aromatic rings. The van der Waals surface area contributed by atoms with Gasteiger partial charge >= 0.3 is 0 Å². The summed E-state index contributed by atoms with van der Waals surface area (Å²) in [5.41, 5.74) is 3.76. The largest absolute Gasteiger partial charge is 0.495 e. The highest BCUT2D eigenvalue weighted by Gasteiger charge is 2.41. The van der Waals surface area contributed by atoms with Gasteiger partial charge in [-0.1, -0.05) is 41.1 Å². The normalized spacial score (nSPS) is 18.0. The molecular formula is C22H23ClN4O3S. The van der Waals surface area contributed by atoms with E-state index in [4.69, 9.17) is 16.3 Å². The molecule has 2 aliphatic heterocycles. The Morgan fingerprint density at radius 3 is 2.84 bits per heavy atom. The van der Waals surface area contributed by atoms with Crippen LogP contribution in [0.4, 0.5) is 11.4 Å². The van der Waals surface area contributed by atoms with E-state index in [9.17, 15) is 9.59 Å². The number of amides is 2. The molecule has 0 radical (unpaired) electrons. The van der Waals surface area contributed by atoms with Crippen LogP contribution in [0.5, 0.6) is 5.75 Å². The Bertz CT molecular complexity index is 1070. The van der Waals surface area contributed by atoms with E-state index in [1.165, 1.54) is 11.8 Å². The molecule has 9 heteroatoms. The second-order valence-electron chi connectivity index (χ2n) is 7.53. The number of nitrogens with one attached hydrogen (secondary N) is 1. The standard InChI is InChI=1S/C22H23ClN4O3S/c1-13-4-7-17(14(2)8-13)25-20(28)10-19-21(29)27-12-26(11-24-22(27)31-19)15-5-6-16(23)18(9-15)30-3/h4-9,19H,10-12H2,1-3H3,(H,25,28). The number of carbonyl (C=O) groups excluding carboxylic acids is 2. The van der Waals surface area contributed by atoms with Gasteiger partial charge in [0.1, 0.15) is 24.3 Å². The molecule has 1 fully saturated rings. The number of halogens is 1. The fourth-order valence-electron chi connectivity index (χ4n) is 3.58. The molecule has 1 N–H and O–H groups in total. The van der Waals surface area contributed by atoms with Crippen LogP contribution in [0.2, 0.25) is 5.02 Å². The van der Waals surface area contributed by atoms with Crippen molar-refractivity contribution >= 4 is 51.7 Å². The average Bonchev–Trinajstić information content (AvgIpc) is 3.05. The lowest BCUT2D eigenvalue weighted by molar-refractivity contribution is -0.128. The van der Waals surface area contributed by atoms with E-state index >= 15 is 0 Å². The maximum Gasteiger partial charge on any atom is 0.244 e. The zero-order chi connectivity index (χ0) is 22.1. The average molecular weight is 459 g/mol. The van der Waals surface area contributed by atoms with Gasteiger partial charge in [-0.3, -0.25) is 14.5 Å². The summed E-state index contributed by atoms with van der Waals surface area (Å²) < 4.78 is 5.29. The molecule has 2 aliphatic rings. The van der Waals surface area contributed by atoms with Crippen molar-refractivity contribution in [3.8, 4) is 5.75 Å². The van der Waals surface area contributed by atoms with Gasteiger partial charge in [-0.25, -0.2) is 4.99 Å². The smallest absolute Gasteiger partial charge is 0.244 e. The van der Waals surface area contributed by atoms with E-state index in [2.05, 4.69) is 10.3 Å². The van der Waals surface area contributed by atoms with Gasteiger partial charge in [0.15, 0.2) is 5.17 Å². The Kier molecular flexibility index (Phi) is 6.11. The van der Waals surface area contributed by atoms with Crippen molar-refractivity contribution in [1.82, 2.24) is 4.90 Å². The lowest BCUT2D eigenvalue weighted by Crippen LogP contribution is -2.46. The summed E-state index contributed by atoms with van der Waals surface area (Å²) in [5, 5.41) is 3.62. The molecule has 0 aromatic heterocycles. The molecule has 4 rings (SSSR count). The monoisotopic (exact) mass is 458 g/mol. The Hall–Kier alpha value is -2.71. The minimum Gasteiger partial charge on any atom is -0.495 e. The van der Waals surface area contributed by atoms with E-state index in [1.54, 1.807) is 18.1 Å². The summed E-state index contributed by atoms with van der Waals surface area (Å²) in [6, 6.07) is 11.3. The van der Waals surface area contributed by atoms with E-state index < -0.39 is 5.25 Å².